The van der Waals surface area contributed by atoms with E-state index < -0.39 is 10.0 Å². The van der Waals surface area contributed by atoms with Gasteiger partial charge < -0.3 is 4.74 Å². The summed E-state index contributed by atoms with van der Waals surface area (Å²) >= 11 is 0. The lowest BCUT2D eigenvalue weighted by Gasteiger charge is -2.24. The summed E-state index contributed by atoms with van der Waals surface area (Å²) in [5.74, 6) is 0.317. The molecule has 2 fully saturated rings. The van der Waals surface area contributed by atoms with Gasteiger partial charge in [-0.3, -0.25) is 5.10 Å². The number of nitrogens with zero attached hydrogens (tertiary/aromatic N) is 2. The normalized spacial score (nSPS) is 23.6. The predicted molar refractivity (Wildman–Crippen MR) is 73.9 cm³/mol. The van der Waals surface area contributed by atoms with Crippen molar-refractivity contribution >= 4 is 10.0 Å². The Bertz CT molecular complexity index is 567. The molecule has 0 spiro atoms. The van der Waals surface area contributed by atoms with Crippen molar-refractivity contribution in [2.75, 3.05) is 19.8 Å². The smallest absolute Gasteiger partial charge is 0.246 e. The summed E-state index contributed by atoms with van der Waals surface area (Å²) < 4.78 is 32.9. The fourth-order valence-electron chi connectivity index (χ4n) is 2.83. The largest absolute Gasteiger partial charge is 0.381 e. The van der Waals surface area contributed by atoms with Crippen LogP contribution in [0.2, 0.25) is 0 Å². The molecule has 1 atom stereocenters. The van der Waals surface area contributed by atoms with E-state index in [1.165, 1.54) is 0 Å². The molecule has 1 aliphatic heterocycles. The Morgan fingerprint density at radius 1 is 1.35 bits per heavy atom. The van der Waals surface area contributed by atoms with Crippen molar-refractivity contribution < 1.29 is 13.2 Å². The molecular weight excluding hydrogens is 278 g/mol. The third-order valence-electron chi connectivity index (χ3n) is 4.04. The SMILES string of the molecule is Cc1n[nH]c(C)c1S(=O)(=O)N(CC1CCOC1)C1CC1. The van der Waals surface area contributed by atoms with Gasteiger partial charge in [0.1, 0.15) is 4.90 Å². The van der Waals surface area contributed by atoms with E-state index in [1.54, 1.807) is 18.2 Å². The Morgan fingerprint density at radius 3 is 2.60 bits per heavy atom. The van der Waals surface area contributed by atoms with Crippen LogP contribution in [0.1, 0.15) is 30.7 Å². The average Bonchev–Trinajstić information content (AvgIpc) is 2.97. The van der Waals surface area contributed by atoms with Crippen molar-refractivity contribution in [3.8, 4) is 0 Å². The van der Waals surface area contributed by atoms with Crippen LogP contribution in [-0.4, -0.2) is 48.7 Å². The highest BCUT2D eigenvalue weighted by Crippen LogP contribution is 2.35. The van der Waals surface area contributed by atoms with Crippen LogP contribution in [0.5, 0.6) is 0 Å². The number of nitrogens with one attached hydrogen (secondary N) is 1. The molecule has 1 aromatic rings. The van der Waals surface area contributed by atoms with Crippen molar-refractivity contribution in [1.82, 2.24) is 14.5 Å². The highest BCUT2D eigenvalue weighted by molar-refractivity contribution is 7.89. The molecule has 1 N–H and O–H groups in total. The van der Waals surface area contributed by atoms with Gasteiger partial charge in [0.15, 0.2) is 0 Å². The van der Waals surface area contributed by atoms with Gasteiger partial charge in [0.2, 0.25) is 10.0 Å². The van der Waals surface area contributed by atoms with Gasteiger partial charge in [-0.25, -0.2) is 8.42 Å². The molecule has 1 aromatic heterocycles. The Morgan fingerprint density at radius 2 is 2.10 bits per heavy atom. The minimum atomic E-state index is -3.46. The third kappa shape index (κ3) is 2.49. The molecule has 2 heterocycles. The Labute approximate surface area is 119 Å². The Balaban J connectivity index is 1.89. The standard InChI is InChI=1S/C13H21N3O3S/c1-9-13(10(2)15-14-9)20(17,18)16(12-3-4-12)7-11-5-6-19-8-11/h11-12H,3-8H2,1-2H3,(H,14,15). The van der Waals surface area contributed by atoms with Crippen molar-refractivity contribution in [3.63, 3.8) is 0 Å². The number of hydrogen-bond donors (Lipinski definition) is 1. The van der Waals surface area contributed by atoms with Crippen molar-refractivity contribution in [2.24, 2.45) is 5.92 Å². The lowest BCUT2D eigenvalue weighted by atomic mass is 10.1. The Kier molecular flexibility index (Phi) is 3.60. The first-order chi connectivity index (χ1) is 9.50. The number of aromatic amines is 1. The average molecular weight is 299 g/mol. The summed E-state index contributed by atoms with van der Waals surface area (Å²) in [5.41, 5.74) is 1.17. The highest BCUT2D eigenvalue weighted by atomic mass is 32.2. The summed E-state index contributed by atoms with van der Waals surface area (Å²) in [6.07, 6.45) is 2.87. The summed E-state index contributed by atoms with van der Waals surface area (Å²) in [6.45, 7) is 5.48. The summed E-state index contributed by atoms with van der Waals surface area (Å²) in [7, 11) is -3.46. The first kappa shape index (κ1) is 14.0. The Hall–Kier alpha value is -0.920. The van der Waals surface area contributed by atoms with E-state index in [9.17, 15) is 8.42 Å². The first-order valence-electron chi connectivity index (χ1n) is 7.11. The maximum Gasteiger partial charge on any atom is 0.246 e. The van der Waals surface area contributed by atoms with E-state index in [0.717, 1.165) is 25.9 Å². The number of aromatic nitrogens is 2. The summed E-state index contributed by atoms with van der Waals surface area (Å²) in [4.78, 5) is 0.350. The summed E-state index contributed by atoms with van der Waals surface area (Å²) in [5, 5.41) is 6.79. The molecule has 0 radical (unpaired) electrons. The fraction of sp³-hybridized carbons (Fsp3) is 0.769. The van der Waals surface area contributed by atoms with Crippen LogP contribution in [0.4, 0.5) is 0 Å². The van der Waals surface area contributed by atoms with Gasteiger partial charge in [0.05, 0.1) is 18.0 Å². The van der Waals surface area contributed by atoms with Crippen LogP contribution < -0.4 is 0 Å². The number of aryl methyl sites for hydroxylation is 2. The van der Waals surface area contributed by atoms with Crippen LogP contribution in [0.25, 0.3) is 0 Å². The zero-order valence-corrected chi connectivity index (χ0v) is 12.7. The minimum absolute atomic E-state index is 0.161. The van der Waals surface area contributed by atoms with Crippen LogP contribution in [0.3, 0.4) is 0 Å². The number of rotatable bonds is 5. The number of H-pyrrole nitrogens is 1. The second-order valence-electron chi connectivity index (χ2n) is 5.80. The van der Waals surface area contributed by atoms with Gasteiger partial charge in [0, 0.05) is 19.2 Å². The lowest BCUT2D eigenvalue weighted by molar-refractivity contribution is 0.180. The quantitative estimate of drug-likeness (QED) is 0.887. The fourth-order valence-corrected chi connectivity index (χ4v) is 4.92. The van der Waals surface area contributed by atoms with Crippen LogP contribution >= 0.6 is 0 Å². The number of hydrogen-bond acceptors (Lipinski definition) is 4. The summed E-state index contributed by atoms with van der Waals surface area (Å²) in [6, 6.07) is 0.161. The molecule has 1 aliphatic carbocycles. The topological polar surface area (TPSA) is 75.3 Å². The minimum Gasteiger partial charge on any atom is -0.381 e. The number of ether oxygens (including phenoxy) is 1. The van der Waals surface area contributed by atoms with Gasteiger partial charge in [-0.2, -0.15) is 9.40 Å². The molecule has 0 amide bonds. The first-order valence-corrected chi connectivity index (χ1v) is 8.55. The van der Waals surface area contributed by atoms with Crippen molar-refractivity contribution in [1.29, 1.82) is 0 Å². The molecular formula is C13H21N3O3S. The molecule has 6 nitrogen and oxygen atoms in total. The monoisotopic (exact) mass is 299 g/mol. The van der Waals surface area contributed by atoms with E-state index in [4.69, 9.17) is 4.74 Å². The van der Waals surface area contributed by atoms with Crippen molar-refractivity contribution in [3.05, 3.63) is 11.4 Å². The van der Waals surface area contributed by atoms with Gasteiger partial charge in [-0.15, -0.1) is 0 Å². The van der Waals surface area contributed by atoms with Gasteiger partial charge in [-0.1, -0.05) is 0 Å². The van der Waals surface area contributed by atoms with Gasteiger partial charge in [0.25, 0.3) is 0 Å². The van der Waals surface area contributed by atoms with E-state index >= 15 is 0 Å². The molecule has 1 unspecified atom stereocenters. The highest BCUT2D eigenvalue weighted by Gasteiger charge is 2.41. The van der Waals surface area contributed by atoms with E-state index in [1.807, 2.05) is 0 Å². The second-order valence-corrected chi connectivity index (χ2v) is 7.63. The maximum atomic E-state index is 12.9. The van der Waals surface area contributed by atoms with Crippen molar-refractivity contribution in [2.45, 2.75) is 44.0 Å². The number of sulfonamides is 1. The molecule has 3 rings (SSSR count). The van der Waals surface area contributed by atoms with E-state index in [-0.39, 0.29) is 6.04 Å². The molecule has 0 aromatic carbocycles. The van der Waals surface area contributed by atoms with Crippen LogP contribution in [0, 0.1) is 19.8 Å². The molecule has 112 valence electrons. The molecule has 2 aliphatic rings. The van der Waals surface area contributed by atoms with Gasteiger partial charge in [-0.05, 0) is 39.0 Å². The third-order valence-corrected chi connectivity index (χ3v) is 6.23. The zero-order chi connectivity index (χ0) is 14.3. The maximum absolute atomic E-state index is 12.9. The van der Waals surface area contributed by atoms with E-state index in [2.05, 4.69) is 10.2 Å². The molecule has 1 saturated carbocycles. The molecule has 20 heavy (non-hydrogen) atoms. The van der Waals surface area contributed by atoms with Crippen LogP contribution in [-0.2, 0) is 14.8 Å². The lowest BCUT2D eigenvalue weighted by Crippen LogP contribution is -2.37. The molecule has 7 heteroatoms. The second kappa shape index (κ2) is 5.13. The predicted octanol–water partition coefficient (Wildman–Crippen LogP) is 1.22. The van der Waals surface area contributed by atoms with Crippen LogP contribution in [0.15, 0.2) is 4.90 Å². The molecule has 0 bridgehead atoms. The van der Waals surface area contributed by atoms with E-state index in [0.29, 0.717) is 35.4 Å². The zero-order valence-electron chi connectivity index (χ0n) is 11.9. The van der Waals surface area contributed by atoms with Gasteiger partial charge >= 0.3 is 0 Å². The molecule has 1 saturated heterocycles.